The quantitative estimate of drug-likeness (QED) is 0.649. The van der Waals surface area contributed by atoms with E-state index < -0.39 is 10.2 Å². The van der Waals surface area contributed by atoms with Crippen molar-refractivity contribution in [2.24, 2.45) is 5.73 Å². The second-order valence-corrected chi connectivity index (χ2v) is 5.51. The van der Waals surface area contributed by atoms with Crippen LogP contribution in [0.5, 0.6) is 0 Å². The van der Waals surface area contributed by atoms with E-state index in [4.69, 9.17) is 10.5 Å². The van der Waals surface area contributed by atoms with E-state index in [0.29, 0.717) is 19.8 Å². The lowest BCUT2D eigenvalue weighted by atomic mass is 10.3. The predicted molar refractivity (Wildman–Crippen MR) is 57.6 cm³/mol. The van der Waals surface area contributed by atoms with Crippen molar-refractivity contribution in [1.29, 1.82) is 0 Å². The fraction of sp³-hybridized carbons (Fsp3) is 1.00. The molecule has 1 rings (SSSR count). The lowest BCUT2D eigenvalue weighted by Crippen LogP contribution is -2.56. The summed E-state index contributed by atoms with van der Waals surface area (Å²) >= 11 is 0. The fourth-order valence-electron chi connectivity index (χ4n) is 1.51. The summed E-state index contributed by atoms with van der Waals surface area (Å²) in [5.74, 6) is 0. The van der Waals surface area contributed by atoms with Gasteiger partial charge in [-0.05, 0) is 13.8 Å². The zero-order chi connectivity index (χ0) is 11.5. The Kier molecular flexibility index (Phi) is 4.47. The summed E-state index contributed by atoms with van der Waals surface area (Å²) < 4.78 is 32.9. The van der Waals surface area contributed by atoms with E-state index in [0.717, 1.165) is 0 Å². The molecular formula is C8H19N3O3S. The van der Waals surface area contributed by atoms with Gasteiger partial charge in [-0.2, -0.15) is 17.4 Å². The van der Waals surface area contributed by atoms with Gasteiger partial charge in [-0.25, -0.2) is 0 Å². The van der Waals surface area contributed by atoms with Crippen molar-refractivity contribution in [3.63, 3.8) is 0 Å². The van der Waals surface area contributed by atoms with Gasteiger partial charge in [0.1, 0.15) is 0 Å². The zero-order valence-electron chi connectivity index (χ0n) is 9.14. The van der Waals surface area contributed by atoms with Crippen LogP contribution in [0.3, 0.4) is 0 Å². The Morgan fingerprint density at radius 3 is 2.80 bits per heavy atom. The van der Waals surface area contributed by atoms with Crippen LogP contribution in [-0.4, -0.2) is 51.1 Å². The molecule has 1 atom stereocenters. The molecule has 0 spiro atoms. The molecule has 15 heavy (non-hydrogen) atoms. The molecular weight excluding hydrogens is 218 g/mol. The van der Waals surface area contributed by atoms with E-state index in [9.17, 15) is 8.42 Å². The molecule has 0 aliphatic carbocycles. The first-order chi connectivity index (χ1) is 6.97. The molecule has 1 heterocycles. The van der Waals surface area contributed by atoms with Gasteiger partial charge in [0.05, 0.1) is 19.3 Å². The molecule has 7 heteroatoms. The summed E-state index contributed by atoms with van der Waals surface area (Å²) in [5.41, 5.74) is 5.51. The number of nitrogens with two attached hydrogens (primary N) is 1. The molecule has 0 aromatic heterocycles. The monoisotopic (exact) mass is 237 g/mol. The summed E-state index contributed by atoms with van der Waals surface area (Å²) in [5, 5.41) is 0. The number of hydrogen-bond donors (Lipinski definition) is 2. The molecule has 0 aromatic rings. The number of morpholine rings is 1. The molecule has 0 saturated carbocycles. The molecule has 1 saturated heterocycles. The van der Waals surface area contributed by atoms with Crippen LogP contribution in [-0.2, 0) is 14.9 Å². The lowest BCUT2D eigenvalue weighted by Gasteiger charge is -2.34. The molecule has 0 aromatic carbocycles. The van der Waals surface area contributed by atoms with E-state index in [1.165, 1.54) is 4.31 Å². The van der Waals surface area contributed by atoms with Gasteiger partial charge in [-0.1, -0.05) is 0 Å². The molecule has 6 nitrogen and oxygen atoms in total. The van der Waals surface area contributed by atoms with E-state index in [2.05, 4.69) is 4.72 Å². The highest BCUT2D eigenvalue weighted by Gasteiger charge is 2.32. The van der Waals surface area contributed by atoms with E-state index >= 15 is 0 Å². The Morgan fingerprint density at radius 2 is 2.27 bits per heavy atom. The van der Waals surface area contributed by atoms with Crippen molar-refractivity contribution in [2.75, 3.05) is 26.3 Å². The number of rotatable bonds is 4. The van der Waals surface area contributed by atoms with Crippen LogP contribution in [0, 0.1) is 0 Å². The fourth-order valence-corrected chi connectivity index (χ4v) is 3.09. The van der Waals surface area contributed by atoms with Gasteiger partial charge in [0.25, 0.3) is 10.2 Å². The Morgan fingerprint density at radius 1 is 1.60 bits per heavy atom. The maximum Gasteiger partial charge on any atom is 0.280 e. The van der Waals surface area contributed by atoms with Crippen LogP contribution < -0.4 is 10.5 Å². The van der Waals surface area contributed by atoms with Crippen molar-refractivity contribution in [3.8, 4) is 0 Å². The van der Waals surface area contributed by atoms with Gasteiger partial charge in [0, 0.05) is 19.1 Å². The Balaban J connectivity index is 2.74. The highest BCUT2D eigenvalue weighted by Crippen LogP contribution is 2.10. The Hall–Kier alpha value is -0.210. The zero-order valence-corrected chi connectivity index (χ0v) is 9.96. The van der Waals surface area contributed by atoms with Gasteiger partial charge < -0.3 is 10.5 Å². The van der Waals surface area contributed by atoms with Gasteiger partial charge in [0.15, 0.2) is 0 Å². The highest BCUT2D eigenvalue weighted by atomic mass is 32.2. The maximum atomic E-state index is 11.9. The third kappa shape index (κ3) is 3.39. The third-order valence-corrected chi connectivity index (χ3v) is 4.01. The van der Waals surface area contributed by atoms with Crippen molar-refractivity contribution < 1.29 is 13.2 Å². The summed E-state index contributed by atoms with van der Waals surface area (Å²) in [6.45, 7) is 5.01. The molecule has 3 N–H and O–H groups in total. The van der Waals surface area contributed by atoms with Gasteiger partial charge >= 0.3 is 0 Å². The largest absolute Gasteiger partial charge is 0.378 e. The highest BCUT2D eigenvalue weighted by molar-refractivity contribution is 7.87. The second kappa shape index (κ2) is 5.22. The van der Waals surface area contributed by atoms with Crippen molar-refractivity contribution in [2.45, 2.75) is 25.9 Å². The number of nitrogens with one attached hydrogen (secondary N) is 1. The van der Waals surface area contributed by atoms with Crippen molar-refractivity contribution in [3.05, 3.63) is 0 Å². The molecule has 0 amide bonds. The molecule has 1 unspecified atom stereocenters. The lowest BCUT2D eigenvalue weighted by molar-refractivity contribution is 0.0351. The number of hydrogen-bond acceptors (Lipinski definition) is 4. The standard InChI is InChI=1S/C8H19N3O3S/c1-7(2)10-15(12,13)11-3-4-14-6-8(11)5-9/h7-8,10H,3-6,9H2,1-2H3. The minimum absolute atomic E-state index is 0.115. The van der Waals surface area contributed by atoms with Gasteiger partial charge in [0.2, 0.25) is 0 Å². The average Bonchev–Trinajstić information content (AvgIpc) is 2.16. The molecule has 90 valence electrons. The third-order valence-electron chi connectivity index (χ3n) is 2.14. The van der Waals surface area contributed by atoms with Crippen LogP contribution >= 0.6 is 0 Å². The summed E-state index contributed by atoms with van der Waals surface area (Å²) in [7, 11) is -3.42. The van der Waals surface area contributed by atoms with Crippen LogP contribution in [0.2, 0.25) is 0 Å². The Labute approximate surface area is 90.9 Å². The molecule has 0 radical (unpaired) electrons. The summed E-state index contributed by atoms with van der Waals surface area (Å²) in [6.07, 6.45) is 0. The predicted octanol–water partition coefficient (Wildman–Crippen LogP) is -1.11. The van der Waals surface area contributed by atoms with Crippen LogP contribution in [0.1, 0.15) is 13.8 Å². The summed E-state index contributed by atoms with van der Waals surface area (Å²) in [6, 6.07) is -0.369. The van der Waals surface area contributed by atoms with Crippen LogP contribution in [0.25, 0.3) is 0 Å². The number of ether oxygens (including phenoxy) is 1. The second-order valence-electron chi connectivity index (χ2n) is 3.85. The minimum Gasteiger partial charge on any atom is -0.378 e. The topological polar surface area (TPSA) is 84.7 Å². The smallest absolute Gasteiger partial charge is 0.280 e. The first kappa shape index (κ1) is 12.9. The first-order valence-corrected chi connectivity index (χ1v) is 6.48. The summed E-state index contributed by atoms with van der Waals surface area (Å²) in [4.78, 5) is 0. The van der Waals surface area contributed by atoms with Crippen LogP contribution in [0.15, 0.2) is 0 Å². The number of nitrogens with zero attached hydrogens (tertiary/aromatic N) is 1. The van der Waals surface area contributed by atoms with Crippen molar-refractivity contribution >= 4 is 10.2 Å². The maximum absolute atomic E-state index is 11.9. The van der Waals surface area contributed by atoms with Crippen LogP contribution in [0.4, 0.5) is 0 Å². The van der Waals surface area contributed by atoms with E-state index in [-0.39, 0.29) is 18.6 Å². The molecule has 1 fully saturated rings. The molecule has 1 aliphatic heterocycles. The van der Waals surface area contributed by atoms with Gasteiger partial charge in [-0.15, -0.1) is 0 Å². The normalized spacial score (nSPS) is 24.7. The first-order valence-electron chi connectivity index (χ1n) is 5.04. The molecule has 0 bridgehead atoms. The Bertz CT molecular complexity index is 292. The van der Waals surface area contributed by atoms with Crippen molar-refractivity contribution in [1.82, 2.24) is 9.03 Å². The van der Waals surface area contributed by atoms with E-state index in [1.807, 2.05) is 0 Å². The van der Waals surface area contributed by atoms with E-state index in [1.54, 1.807) is 13.8 Å². The molecule has 1 aliphatic rings. The SMILES string of the molecule is CC(C)NS(=O)(=O)N1CCOCC1CN. The van der Waals surface area contributed by atoms with Gasteiger partial charge in [-0.3, -0.25) is 0 Å². The minimum atomic E-state index is -3.42. The average molecular weight is 237 g/mol.